The van der Waals surface area contributed by atoms with Gasteiger partial charge in [0.05, 0.1) is 0 Å². The molecule has 1 N–H and O–H groups in total. The van der Waals surface area contributed by atoms with Gasteiger partial charge in [0.25, 0.3) is 0 Å². The lowest BCUT2D eigenvalue weighted by Gasteiger charge is -2.42. The molecule has 0 spiro atoms. The molecule has 0 saturated carbocycles. The summed E-state index contributed by atoms with van der Waals surface area (Å²) in [5.41, 5.74) is 8.98. The quantitative estimate of drug-likeness (QED) is 0.863. The SMILES string of the molecule is Cc1ccccc1-c1cc2c3c(c1)[C@@H]1CNC[C@@H]1CN3CCC2. The number of benzene rings is 2. The van der Waals surface area contributed by atoms with Crippen LogP contribution in [0.15, 0.2) is 36.4 Å². The number of aryl methyl sites for hydroxylation is 2. The minimum Gasteiger partial charge on any atom is -0.371 e. The maximum atomic E-state index is 3.63. The van der Waals surface area contributed by atoms with Crippen molar-refractivity contribution in [2.75, 3.05) is 31.1 Å². The molecule has 2 heteroatoms. The molecule has 0 aliphatic carbocycles. The maximum Gasteiger partial charge on any atom is 0.0435 e. The molecule has 2 nitrogen and oxygen atoms in total. The second-order valence-electron chi connectivity index (χ2n) is 7.46. The molecule has 0 aromatic heterocycles. The van der Waals surface area contributed by atoms with Crippen molar-refractivity contribution < 1.29 is 0 Å². The number of hydrogen-bond donors (Lipinski definition) is 1. The van der Waals surface area contributed by atoms with Crippen molar-refractivity contribution in [2.45, 2.75) is 25.7 Å². The second kappa shape index (κ2) is 5.10. The van der Waals surface area contributed by atoms with Crippen LogP contribution in [0.5, 0.6) is 0 Å². The topological polar surface area (TPSA) is 15.3 Å². The molecular formula is C21H24N2. The molecule has 0 radical (unpaired) electrons. The molecule has 1 saturated heterocycles. The molecule has 0 bridgehead atoms. The maximum absolute atomic E-state index is 3.63. The molecule has 0 amide bonds. The Balaban J connectivity index is 1.72. The molecule has 3 aliphatic heterocycles. The molecule has 2 atom stereocenters. The van der Waals surface area contributed by atoms with Gasteiger partial charge in [0, 0.05) is 37.8 Å². The third kappa shape index (κ3) is 2.05. The zero-order valence-corrected chi connectivity index (χ0v) is 13.8. The summed E-state index contributed by atoms with van der Waals surface area (Å²) in [7, 11) is 0. The molecule has 2 aromatic carbocycles. The summed E-state index contributed by atoms with van der Waals surface area (Å²) in [4.78, 5) is 2.67. The highest BCUT2D eigenvalue weighted by molar-refractivity contribution is 5.76. The van der Waals surface area contributed by atoms with Crippen LogP contribution in [0.4, 0.5) is 5.69 Å². The number of nitrogens with zero attached hydrogens (tertiary/aromatic N) is 1. The third-order valence-corrected chi connectivity index (χ3v) is 6.06. The van der Waals surface area contributed by atoms with Crippen molar-refractivity contribution >= 4 is 5.69 Å². The molecule has 118 valence electrons. The Kier molecular flexibility index (Phi) is 3.02. The Bertz CT molecular complexity index is 764. The summed E-state index contributed by atoms with van der Waals surface area (Å²) < 4.78 is 0. The first-order chi connectivity index (χ1) is 11.3. The number of nitrogens with one attached hydrogen (secondary N) is 1. The lowest BCUT2D eigenvalue weighted by atomic mass is 9.78. The Morgan fingerprint density at radius 2 is 2.04 bits per heavy atom. The standard InChI is InChI=1S/C21H24N2/c1-14-5-2-3-7-18(14)16-9-15-6-4-8-23-13-17-11-22-12-20(17)19(10-16)21(15)23/h2-3,5,7,9-10,17,20,22H,4,6,8,11-13H2,1H3/t17-,20-/m1/s1. The Morgan fingerprint density at radius 3 is 2.96 bits per heavy atom. The highest BCUT2D eigenvalue weighted by Gasteiger charge is 2.38. The van der Waals surface area contributed by atoms with Gasteiger partial charge in [0.15, 0.2) is 0 Å². The smallest absolute Gasteiger partial charge is 0.0435 e. The van der Waals surface area contributed by atoms with Crippen LogP contribution in [-0.2, 0) is 6.42 Å². The molecular weight excluding hydrogens is 280 g/mol. The van der Waals surface area contributed by atoms with Gasteiger partial charge >= 0.3 is 0 Å². The molecule has 0 unspecified atom stereocenters. The van der Waals surface area contributed by atoms with E-state index in [1.165, 1.54) is 49.2 Å². The Hall–Kier alpha value is -1.80. The van der Waals surface area contributed by atoms with Gasteiger partial charge < -0.3 is 10.2 Å². The van der Waals surface area contributed by atoms with Crippen molar-refractivity contribution in [1.82, 2.24) is 5.32 Å². The number of fused-ring (bicyclic) bond motifs is 2. The zero-order valence-electron chi connectivity index (χ0n) is 13.8. The molecule has 5 rings (SSSR count). The van der Waals surface area contributed by atoms with Crippen molar-refractivity contribution in [1.29, 1.82) is 0 Å². The van der Waals surface area contributed by atoms with E-state index in [4.69, 9.17) is 0 Å². The van der Waals surface area contributed by atoms with Gasteiger partial charge in [-0.2, -0.15) is 0 Å². The normalized spacial score (nSPS) is 25.2. The molecule has 2 aromatic rings. The average Bonchev–Trinajstić information content (AvgIpc) is 3.04. The van der Waals surface area contributed by atoms with Crippen LogP contribution in [0.2, 0.25) is 0 Å². The summed E-state index contributed by atoms with van der Waals surface area (Å²) in [6, 6.07) is 13.8. The second-order valence-corrected chi connectivity index (χ2v) is 7.46. The highest BCUT2D eigenvalue weighted by atomic mass is 15.2. The van der Waals surface area contributed by atoms with E-state index in [0.717, 1.165) is 12.5 Å². The monoisotopic (exact) mass is 304 g/mol. The third-order valence-electron chi connectivity index (χ3n) is 6.06. The molecule has 3 heterocycles. The van der Waals surface area contributed by atoms with Crippen molar-refractivity contribution in [2.24, 2.45) is 5.92 Å². The van der Waals surface area contributed by atoms with Crippen molar-refractivity contribution in [3.63, 3.8) is 0 Å². The van der Waals surface area contributed by atoms with E-state index in [1.807, 2.05) is 0 Å². The zero-order chi connectivity index (χ0) is 15.4. The first kappa shape index (κ1) is 13.6. The van der Waals surface area contributed by atoms with Crippen LogP contribution in [0.1, 0.15) is 29.0 Å². The van der Waals surface area contributed by atoms with E-state index < -0.39 is 0 Å². The van der Waals surface area contributed by atoms with Crippen LogP contribution in [0, 0.1) is 12.8 Å². The van der Waals surface area contributed by atoms with Crippen molar-refractivity contribution in [3.05, 3.63) is 53.1 Å². The van der Waals surface area contributed by atoms with E-state index in [0.29, 0.717) is 5.92 Å². The van der Waals surface area contributed by atoms with Crippen LogP contribution in [0.3, 0.4) is 0 Å². The summed E-state index contributed by atoms with van der Waals surface area (Å²) in [5, 5.41) is 3.63. The Labute approximate surface area is 138 Å². The van der Waals surface area contributed by atoms with E-state index in [-0.39, 0.29) is 0 Å². The summed E-state index contributed by atoms with van der Waals surface area (Å²) in [6.45, 7) is 7.06. The van der Waals surface area contributed by atoms with E-state index >= 15 is 0 Å². The Morgan fingerprint density at radius 1 is 1.13 bits per heavy atom. The fourth-order valence-electron chi connectivity index (χ4n) is 4.96. The van der Waals surface area contributed by atoms with Crippen LogP contribution >= 0.6 is 0 Å². The van der Waals surface area contributed by atoms with Gasteiger partial charge in [-0.05, 0) is 65.6 Å². The lowest BCUT2D eigenvalue weighted by Crippen LogP contribution is -2.40. The van der Waals surface area contributed by atoms with Gasteiger partial charge in [0.1, 0.15) is 0 Å². The fourth-order valence-corrected chi connectivity index (χ4v) is 4.96. The first-order valence-corrected chi connectivity index (χ1v) is 9.00. The van der Waals surface area contributed by atoms with Gasteiger partial charge in [-0.1, -0.05) is 24.3 Å². The molecule has 1 fully saturated rings. The van der Waals surface area contributed by atoms with Crippen LogP contribution < -0.4 is 10.2 Å². The first-order valence-electron chi connectivity index (χ1n) is 9.00. The van der Waals surface area contributed by atoms with E-state index in [1.54, 1.807) is 16.8 Å². The molecule has 3 aliphatic rings. The summed E-state index contributed by atoms with van der Waals surface area (Å²) in [6.07, 6.45) is 2.54. The van der Waals surface area contributed by atoms with Crippen molar-refractivity contribution in [3.8, 4) is 11.1 Å². The minimum absolute atomic E-state index is 0.710. The van der Waals surface area contributed by atoms with E-state index in [9.17, 15) is 0 Å². The van der Waals surface area contributed by atoms with E-state index in [2.05, 4.69) is 53.5 Å². The summed E-state index contributed by atoms with van der Waals surface area (Å²) >= 11 is 0. The van der Waals surface area contributed by atoms with Gasteiger partial charge in [0.2, 0.25) is 0 Å². The van der Waals surface area contributed by atoms with Gasteiger partial charge in [-0.3, -0.25) is 0 Å². The van der Waals surface area contributed by atoms with Crippen LogP contribution in [0.25, 0.3) is 11.1 Å². The lowest BCUT2D eigenvalue weighted by molar-refractivity contribution is 0.470. The van der Waals surface area contributed by atoms with Gasteiger partial charge in [-0.25, -0.2) is 0 Å². The fraction of sp³-hybridized carbons (Fsp3) is 0.429. The number of rotatable bonds is 1. The minimum atomic E-state index is 0.710. The van der Waals surface area contributed by atoms with Crippen LogP contribution in [-0.4, -0.2) is 26.2 Å². The largest absolute Gasteiger partial charge is 0.371 e. The molecule has 23 heavy (non-hydrogen) atoms. The summed E-state index contributed by atoms with van der Waals surface area (Å²) in [5.74, 6) is 1.50. The number of anilines is 1. The number of hydrogen-bond acceptors (Lipinski definition) is 2. The van der Waals surface area contributed by atoms with Gasteiger partial charge in [-0.15, -0.1) is 0 Å². The predicted molar refractivity (Wildman–Crippen MR) is 96.2 cm³/mol. The average molecular weight is 304 g/mol. The highest BCUT2D eigenvalue weighted by Crippen LogP contribution is 2.46. The predicted octanol–water partition coefficient (Wildman–Crippen LogP) is 3.73.